The summed E-state index contributed by atoms with van der Waals surface area (Å²) < 4.78 is 15.8. The molecule has 0 bridgehead atoms. The SMILES string of the molecule is CC(c1cc(Br)cc(Br)c1)N(C)C(=O)CC1(c2cccc(F)c2)CCNCC1. The van der Waals surface area contributed by atoms with Crippen molar-refractivity contribution in [2.24, 2.45) is 0 Å². The van der Waals surface area contributed by atoms with Crippen molar-refractivity contribution in [3.05, 3.63) is 68.4 Å². The van der Waals surface area contributed by atoms with E-state index in [1.165, 1.54) is 6.07 Å². The molecule has 3 rings (SSSR count). The minimum Gasteiger partial charge on any atom is -0.339 e. The summed E-state index contributed by atoms with van der Waals surface area (Å²) >= 11 is 7.03. The van der Waals surface area contributed by atoms with Crippen LogP contribution in [0.2, 0.25) is 0 Å². The van der Waals surface area contributed by atoms with E-state index in [1.54, 1.807) is 17.0 Å². The Kier molecular flexibility index (Phi) is 6.94. The molecule has 1 unspecified atom stereocenters. The first-order valence-electron chi connectivity index (χ1n) is 9.49. The van der Waals surface area contributed by atoms with Crippen molar-refractivity contribution in [2.75, 3.05) is 20.1 Å². The maximum absolute atomic E-state index is 13.9. The van der Waals surface area contributed by atoms with Crippen molar-refractivity contribution >= 4 is 37.8 Å². The Bertz CT molecular complexity index is 832. The molecule has 0 aromatic heterocycles. The predicted octanol–water partition coefficient (Wildman–Crippen LogP) is 5.58. The third-order valence-electron chi connectivity index (χ3n) is 5.83. The van der Waals surface area contributed by atoms with Gasteiger partial charge in [0.05, 0.1) is 6.04 Å². The molecule has 1 N–H and O–H groups in total. The van der Waals surface area contributed by atoms with Gasteiger partial charge in [0, 0.05) is 27.8 Å². The largest absolute Gasteiger partial charge is 0.339 e. The van der Waals surface area contributed by atoms with Crippen molar-refractivity contribution in [2.45, 2.75) is 37.6 Å². The molecular weight excluding hydrogens is 487 g/mol. The van der Waals surface area contributed by atoms with E-state index in [1.807, 2.05) is 38.2 Å². The summed E-state index contributed by atoms with van der Waals surface area (Å²) in [5.74, 6) is -0.168. The highest BCUT2D eigenvalue weighted by Gasteiger charge is 2.37. The van der Waals surface area contributed by atoms with Gasteiger partial charge in [0.2, 0.25) is 5.91 Å². The first-order valence-corrected chi connectivity index (χ1v) is 11.1. The van der Waals surface area contributed by atoms with Gasteiger partial charge in [0.1, 0.15) is 5.82 Å². The lowest BCUT2D eigenvalue weighted by Crippen LogP contribution is -2.44. The van der Waals surface area contributed by atoms with Crippen molar-refractivity contribution in [1.29, 1.82) is 0 Å². The molecule has 0 radical (unpaired) electrons. The Balaban J connectivity index is 1.83. The Hall–Kier alpha value is -1.24. The van der Waals surface area contributed by atoms with Gasteiger partial charge in [-0.25, -0.2) is 4.39 Å². The van der Waals surface area contributed by atoms with Crippen LogP contribution < -0.4 is 5.32 Å². The van der Waals surface area contributed by atoms with E-state index in [2.05, 4.69) is 37.2 Å². The number of carbonyl (C=O) groups is 1. The van der Waals surface area contributed by atoms with Crippen LogP contribution in [0, 0.1) is 5.82 Å². The second-order valence-electron chi connectivity index (χ2n) is 7.60. The van der Waals surface area contributed by atoms with Crippen LogP contribution in [0.25, 0.3) is 0 Å². The smallest absolute Gasteiger partial charge is 0.223 e. The normalized spacial score (nSPS) is 17.2. The first kappa shape index (κ1) is 21.5. The van der Waals surface area contributed by atoms with Crippen LogP contribution in [0.3, 0.4) is 0 Å². The number of rotatable bonds is 5. The van der Waals surface area contributed by atoms with Gasteiger partial charge in [-0.05, 0) is 74.3 Å². The van der Waals surface area contributed by atoms with Gasteiger partial charge >= 0.3 is 0 Å². The number of hydrogen-bond acceptors (Lipinski definition) is 2. The number of benzene rings is 2. The Labute approximate surface area is 183 Å². The highest BCUT2D eigenvalue weighted by atomic mass is 79.9. The summed E-state index contributed by atoms with van der Waals surface area (Å²) in [5.41, 5.74) is 1.66. The molecule has 6 heteroatoms. The van der Waals surface area contributed by atoms with Crippen LogP contribution in [-0.4, -0.2) is 30.9 Å². The van der Waals surface area contributed by atoms with Crippen molar-refractivity contribution in [1.82, 2.24) is 10.2 Å². The van der Waals surface area contributed by atoms with Gasteiger partial charge < -0.3 is 10.2 Å². The van der Waals surface area contributed by atoms with Gasteiger partial charge in [-0.3, -0.25) is 4.79 Å². The lowest BCUT2D eigenvalue weighted by Gasteiger charge is -2.39. The topological polar surface area (TPSA) is 32.3 Å². The van der Waals surface area contributed by atoms with Gasteiger partial charge in [0.25, 0.3) is 0 Å². The maximum atomic E-state index is 13.9. The van der Waals surface area contributed by atoms with Gasteiger partial charge in [0.15, 0.2) is 0 Å². The fraction of sp³-hybridized carbons (Fsp3) is 0.409. The van der Waals surface area contributed by atoms with E-state index in [0.717, 1.165) is 46.0 Å². The quantitative estimate of drug-likeness (QED) is 0.568. The van der Waals surface area contributed by atoms with Crippen molar-refractivity contribution in [3.63, 3.8) is 0 Å². The second kappa shape index (κ2) is 9.06. The van der Waals surface area contributed by atoms with E-state index in [-0.39, 0.29) is 23.2 Å². The summed E-state index contributed by atoms with van der Waals surface area (Å²) in [6.07, 6.45) is 2.04. The zero-order chi connectivity index (χ0) is 20.3. The highest BCUT2D eigenvalue weighted by Crippen LogP contribution is 2.38. The van der Waals surface area contributed by atoms with E-state index in [0.29, 0.717) is 6.42 Å². The molecule has 0 aliphatic carbocycles. The Morgan fingerprint density at radius 1 is 1.18 bits per heavy atom. The van der Waals surface area contributed by atoms with E-state index < -0.39 is 0 Å². The Morgan fingerprint density at radius 3 is 2.43 bits per heavy atom. The number of hydrogen-bond donors (Lipinski definition) is 1. The third kappa shape index (κ3) is 4.84. The molecular formula is C22H25Br2FN2O. The molecule has 28 heavy (non-hydrogen) atoms. The van der Waals surface area contributed by atoms with Crippen molar-refractivity contribution < 1.29 is 9.18 Å². The van der Waals surface area contributed by atoms with Gasteiger partial charge in [-0.15, -0.1) is 0 Å². The molecule has 1 heterocycles. The average molecular weight is 512 g/mol. The molecule has 1 amide bonds. The summed E-state index contributed by atoms with van der Waals surface area (Å²) in [7, 11) is 1.85. The molecule has 150 valence electrons. The van der Waals surface area contributed by atoms with E-state index in [4.69, 9.17) is 0 Å². The van der Waals surface area contributed by atoms with Crippen LogP contribution in [0.1, 0.15) is 43.4 Å². The number of amides is 1. The zero-order valence-electron chi connectivity index (χ0n) is 16.1. The van der Waals surface area contributed by atoms with Gasteiger partial charge in [-0.1, -0.05) is 44.0 Å². The minimum absolute atomic E-state index is 0.0624. The van der Waals surface area contributed by atoms with Crippen molar-refractivity contribution in [3.8, 4) is 0 Å². The van der Waals surface area contributed by atoms with Crippen LogP contribution in [-0.2, 0) is 10.2 Å². The molecule has 2 aromatic carbocycles. The first-order chi connectivity index (χ1) is 13.3. The fourth-order valence-corrected chi connectivity index (χ4v) is 5.29. The predicted molar refractivity (Wildman–Crippen MR) is 118 cm³/mol. The molecule has 1 atom stereocenters. The number of piperidine rings is 1. The van der Waals surface area contributed by atoms with E-state index >= 15 is 0 Å². The second-order valence-corrected chi connectivity index (χ2v) is 9.43. The third-order valence-corrected chi connectivity index (χ3v) is 6.74. The molecule has 1 aliphatic rings. The summed E-state index contributed by atoms with van der Waals surface area (Å²) in [4.78, 5) is 15.1. The molecule has 1 saturated heterocycles. The van der Waals surface area contributed by atoms with E-state index in [9.17, 15) is 9.18 Å². The number of halogens is 3. The molecule has 1 fully saturated rings. The number of carbonyl (C=O) groups excluding carboxylic acids is 1. The molecule has 0 spiro atoms. The zero-order valence-corrected chi connectivity index (χ0v) is 19.3. The number of nitrogens with one attached hydrogen (secondary N) is 1. The monoisotopic (exact) mass is 510 g/mol. The van der Waals surface area contributed by atoms with Crippen LogP contribution in [0.15, 0.2) is 51.4 Å². The van der Waals surface area contributed by atoms with Crippen LogP contribution in [0.5, 0.6) is 0 Å². The highest BCUT2D eigenvalue weighted by molar-refractivity contribution is 9.11. The average Bonchev–Trinajstić information content (AvgIpc) is 2.66. The standard InChI is InChI=1S/C22H25Br2FN2O/c1-15(16-10-18(23)13-19(24)11-16)27(2)21(28)14-22(6-8-26-9-7-22)17-4-3-5-20(25)12-17/h3-5,10-13,15,26H,6-9,14H2,1-2H3. The summed E-state index contributed by atoms with van der Waals surface area (Å²) in [6.45, 7) is 3.70. The van der Waals surface area contributed by atoms with Crippen LogP contribution in [0.4, 0.5) is 4.39 Å². The number of nitrogens with zero attached hydrogens (tertiary/aromatic N) is 1. The lowest BCUT2D eigenvalue weighted by atomic mass is 9.70. The lowest BCUT2D eigenvalue weighted by molar-refractivity contribution is -0.133. The van der Waals surface area contributed by atoms with Gasteiger partial charge in [-0.2, -0.15) is 0 Å². The summed E-state index contributed by atoms with van der Waals surface area (Å²) in [6, 6.07) is 12.7. The fourth-order valence-electron chi connectivity index (χ4n) is 3.96. The summed E-state index contributed by atoms with van der Waals surface area (Å²) in [5, 5.41) is 3.36. The Morgan fingerprint density at radius 2 is 1.82 bits per heavy atom. The van der Waals surface area contributed by atoms with Crippen LogP contribution >= 0.6 is 31.9 Å². The molecule has 3 nitrogen and oxygen atoms in total. The maximum Gasteiger partial charge on any atom is 0.223 e. The molecule has 1 aliphatic heterocycles. The molecule has 2 aromatic rings. The minimum atomic E-state index is -0.323. The molecule has 0 saturated carbocycles.